The molecule has 0 saturated carbocycles. The number of nitrogens with zero attached hydrogens (tertiary/aromatic N) is 1. The summed E-state index contributed by atoms with van der Waals surface area (Å²) < 4.78 is 25.1. The Morgan fingerprint density at radius 2 is 2.23 bits per heavy atom. The third-order valence-corrected chi connectivity index (χ3v) is 6.63. The molecule has 2 aliphatic heterocycles. The van der Waals surface area contributed by atoms with Crippen LogP contribution in [-0.4, -0.2) is 47.1 Å². The number of nitriles is 1. The summed E-state index contributed by atoms with van der Waals surface area (Å²) in [5.74, 6) is 0.176. The van der Waals surface area contributed by atoms with E-state index < -0.39 is 11.3 Å². The minimum Gasteiger partial charge on any atom is -0.488 e. The Morgan fingerprint density at radius 3 is 3.03 bits per heavy atom. The van der Waals surface area contributed by atoms with Crippen LogP contribution in [0.25, 0.3) is 11.1 Å². The Hall–Kier alpha value is -2.73. The molecule has 0 bridgehead atoms. The normalized spacial score (nSPS) is 19.7. The van der Waals surface area contributed by atoms with Crippen molar-refractivity contribution in [1.29, 1.82) is 5.26 Å². The van der Waals surface area contributed by atoms with Gasteiger partial charge in [-0.2, -0.15) is 5.26 Å². The molecule has 1 fully saturated rings. The fourth-order valence-corrected chi connectivity index (χ4v) is 4.71. The maximum Gasteiger partial charge on any atom is 0.251 e. The predicted molar refractivity (Wildman–Crippen MR) is 118 cm³/mol. The Kier molecular flexibility index (Phi) is 6.09. The van der Waals surface area contributed by atoms with Gasteiger partial charge >= 0.3 is 0 Å². The Labute approximate surface area is 184 Å². The molecule has 2 aromatic rings. The van der Waals surface area contributed by atoms with Crippen molar-refractivity contribution >= 4 is 16.1 Å². The minimum atomic E-state index is -0.957. The van der Waals surface area contributed by atoms with Crippen LogP contribution in [0, 0.1) is 24.1 Å². The molecule has 2 atom stereocenters. The van der Waals surface area contributed by atoms with E-state index >= 15 is 0 Å². The number of rotatable bonds is 4. The van der Waals surface area contributed by atoms with E-state index in [-0.39, 0.29) is 11.7 Å². The molecule has 2 aliphatic rings. The smallest absolute Gasteiger partial charge is 0.251 e. The van der Waals surface area contributed by atoms with Gasteiger partial charge in [0.15, 0.2) is 0 Å². The predicted octanol–water partition coefficient (Wildman–Crippen LogP) is 1.32. The van der Waals surface area contributed by atoms with Gasteiger partial charge in [-0.1, -0.05) is 6.07 Å². The zero-order valence-electron chi connectivity index (χ0n) is 17.8. The van der Waals surface area contributed by atoms with Crippen molar-refractivity contribution in [3.8, 4) is 22.9 Å². The molecule has 2 heterocycles. The van der Waals surface area contributed by atoms with Crippen molar-refractivity contribution in [2.45, 2.75) is 37.6 Å². The number of nitrogens with one attached hydrogen (secondary N) is 2. The molecule has 8 heteroatoms. The van der Waals surface area contributed by atoms with E-state index in [1.54, 1.807) is 6.07 Å². The van der Waals surface area contributed by atoms with Crippen LogP contribution in [0.3, 0.4) is 0 Å². The average molecular weight is 440 g/mol. The highest BCUT2D eigenvalue weighted by atomic mass is 28.1. The van der Waals surface area contributed by atoms with Crippen molar-refractivity contribution in [2.75, 3.05) is 19.7 Å². The zero-order valence-corrected chi connectivity index (χ0v) is 19.8. The lowest BCUT2D eigenvalue weighted by atomic mass is 9.91. The fourth-order valence-electron chi connectivity index (χ4n) is 4.08. The largest absolute Gasteiger partial charge is 0.488 e. The third-order valence-electron chi connectivity index (χ3n) is 5.81. The highest BCUT2D eigenvalue weighted by Crippen LogP contribution is 2.40. The summed E-state index contributed by atoms with van der Waals surface area (Å²) in [7, 11) is 0.452. The summed E-state index contributed by atoms with van der Waals surface area (Å²) in [6, 6.07) is 11.0. The van der Waals surface area contributed by atoms with Gasteiger partial charge in [0.2, 0.25) is 0 Å². The van der Waals surface area contributed by atoms with Crippen LogP contribution in [0.2, 0.25) is 0 Å². The Bertz CT molecular complexity index is 1050. The second-order valence-electron chi connectivity index (χ2n) is 8.39. The maximum atomic E-state index is 13.6. The molecule has 0 spiro atoms. The topological polar surface area (TPSA) is 83.4 Å². The van der Waals surface area contributed by atoms with E-state index in [0.29, 0.717) is 42.2 Å². The first-order valence-corrected chi connectivity index (χ1v) is 11.5. The number of hydrogen-bond acceptors (Lipinski definition) is 5. The highest BCUT2D eigenvalue weighted by molar-refractivity contribution is 6.19. The number of fused-ring (bicyclic) bond motifs is 3. The van der Waals surface area contributed by atoms with Gasteiger partial charge in [-0.25, -0.2) is 4.39 Å². The first-order chi connectivity index (χ1) is 14.9. The van der Waals surface area contributed by atoms with Gasteiger partial charge in [0.25, 0.3) is 5.91 Å². The van der Waals surface area contributed by atoms with Crippen LogP contribution in [0.4, 0.5) is 4.39 Å². The molecule has 1 saturated heterocycles. The van der Waals surface area contributed by atoms with E-state index in [1.807, 2.05) is 19.1 Å². The quantitative estimate of drug-likeness (QED) is 0.702. The standard InChI is InChI=1S/C23H26FN3O3Si/c1-14-7-19-18-4-3-17(24)8-16(18)12-30-20(19)9-15(14)10-23(31,13-25)27-22(28)21-11-26-5-2-6-29-21/h3-4,7-9,21,26H,2,5-6,10-12H2,1,31H3,(H,27,28)/t21-,23-/m0/s1. The van der Waals surface area contributed by atoms with Crippen molar-refractivity contribution in [3.05, 3.63) is 52.8 Å². The Morgan fingerprint density at radius 1 is 1.39 bits per heavy atom. The first kappa shape index (κ1) is 21.5. The van der Waals surface area contributed by atoms with E-state index in [1.165, 1.54) is 12.1 Å². The number of amides is 1. The molecule has 0 aromatic heterocycles. The molecule has 162 valence electrons. The van der Waals surface area contributed by atoms with Gasteiger partial charge in [-0.05, 0) is 60.8 Å². The molecule has 0 aliphatic carbocycles. The fraction of sp³-hybridized carbons (Fsp3) is 0.391. The van der Waals surface area contributed by atoms with E-state index in [2.05, 4.69) is 16.7 Å². The van der Waals surface area contributed by atoms with Crippen LogP contribution in [0.1, 0.15) is 23.1 Å². The molecule has 6 nitrogen and oxygen atoms in total. The second kappa shape index (κ2) is 8.79. The molecule has 0 radical (unpaired) electrons. The number of hydrogen-bond donors (Lipinski definition) is 2. The number of benzene rings is 2. The molecular weight excluding hydrogens is 413 g/mol. The van der Waals surface area contributed by atoms with Gasteiger partial charge in [-0.3, -0.25) is 4.79 Å². The summed E-state index contributed by atoms with van der Waals surface area (Å²) in [5, 5.41) is 15.0. The summed E-state index contributed by atoms with van der Waals surface area (Å²) in [6.45, 7) is 4.07. The van der Waals surface area contributed by atoms with E-state index in [9.17, 15) is 14.4 Å². The van der Waals surface area contributed by atoms with Gasteiger partial charge in [0.1, 0.15) is 29.4 Å². The summed E-state index contributed by atoms with van der Waals surface area (Å²) in [5.41, 5.74) is 4.64. The summed E-state index contributed by atoms with van der Waals surface area (Å²) in [4.78, 5) is 12.7. The van der Waals surface area contributed by atoms with Gasteiger partial charge in [0, 0.05) is 30.7 Å². The molecule has 2 aromatic carbocycles. The lowest BCUT2D eigenvalue weighted by Gasteiger charge is -2.28. The summed E-state index contributed by atoms with van der Waals surface area (Å²) >= 11 is 0. The van der Waals surface area contributed by atoms with Crippen LogP contribution in [-0.2, 0) is 22.6 Å². The SMILES string of the molecule is Cc1cc2c(cc1C[C@]([SiH3])(C#N)NC(=O)[C@@H]1CNCCCO1)OCc1cc(F)ccc1-2. The van der Waals surface area contributed by atoms with E-state index in [4.69, 9.17) is 9.47 Å². The first-order valence-electron chi connectivity index (χ1n) is 10.5. The maximum absolute atomic E-state index is 13.6. The van der Waals surface area contributed by atoms with Gasteiger partial charge < -0.3 is 20.1 Å². The minimum absolute atomic E-state index is 0.256. The molecular formula is C23H26FN3O3Si. The van der Waals surface area contributed by atoms with Crippen molar-refractivity contribution < 1.29 is 18.7 Å². The zero-order chi connectivity index (χ0) is 22.0. The van der Waals surface area contributed by atoms with Crippen LogP contribution < -0.4 is 15.4 Å². The van der Waals surface area contributed by atoms with Crippen LogP contribution in [0.15, 0.2) is 30.3 Å². The van der Waals surface area contributed by atoms with Crippen molar-refractivity contribution in [1.82, 2.24) is 10.6 Å². The lowest BCUT2D eigenvalue weighted by Crippen LogP contribution is -2.54. The average Bonchev–Trinajstić information content (AvgIpc) is 3.04. The lowest BCUT2D eigenvalue weighted by molar-refractivity contribution is -0.132. The Balaban J connectivity index is 1.56. The number of aryl methyl sites for hydroxylation is 1. The molecule has 1 amide bonds. The molecule has 31 heavy (non-hydrogen) atoms. The van der Waals surface area contributed by atoms with Crippen LogP contribution in [0.5, 0.6) is 5.75 Å². The monoisotopic (exact) mass is 439 g/mol. The van der Waals surface area contributed by atoms with Crippen LogP contribution >= 0.6 is 0 Å². The highest BCUT2D eigenvalue weighted by Gasteiger charge is 2.32. The van der Waals surface area contributed by atoms with Crippen molar-refractivity contribution in [3.63, 3.8) is 0 Å². The van der Waals surface area contributed by atoms with Gasteiger partial charge in [0.05, 0.1) is 16.3 Å². The number of halogens is 1. The van der Waals surface area contributed by atoms with Gasteiger partial charge in [-0.15, -0.1) is 0 Å². The van der Waals surface area contributed by atoms with E-state index in [0.717, 1.165) is 40.8 Å². The molecule has 2 N–H and O–H groups in total. The van der Waals surface area contributed by atoms with Crippen molar-refractivity contribution in [2.24, 2.45) is 0 Å². The second-order valence-corrected chi connectivity index (χ2v) is 10.1. The number of ether oxygens (including phenoxy) is 2. The molecule has 4 rings (SSSR count). The number of carbonyl (C=O) groups is 1. The summed E-state index contributed by atoms with van der Waals surface area (Å²) in [6.07, 6.45) is 0.660. The number of carbonyl (C=O) groups excluding carboxylic acids is 1. The third kappa shape index (κ3) is 4.64. The molecule has 0 unspecified atom stereocenters.